The molecule has 0 bridgehead atoms. The summed E-state index contributed by atoms with van der Waals surface area (Å²) in [5.74, 6) is 0.108. The molecule has 1 aliphatic rings. The molecular weight excluding hydrogens is 558 g/mol. The first kappa shape index (κ1) is 32.8. The molecule has 44 heavy (non-hydrogen) atoms. The average Bonchev–Trinajstić information content (AvgIpc) is 3.37. The number of ether oxygens (including phenoxy) is 5. The van der Waals surface area contributed by atoms with E-state index in [0.717, 1.165) is 35.2 Å². The highest BCUT2D eigenvalue weighted by molar-refractivity contribution is 5.87. The number of carbonyl (C=O) groups is 2. The summed E-state index contributed by atoms with van der Waals surface area (Å²) >= 11 is 0. The van der Waals surface area contributed by atoms with Crippen LogP contribution in [0, 0.1) is 6.92 Å². The number of rotatable bonds is 15. The normalized spacial score (nSPS) is 18.5. The van der Waals surface area contributed by atoms with Gasteiger partial charge in [0.25, 0.3) is 0 Å². The lowest BCUT2D eigenvalue weighted by atomic mass is 10.0. The monoisotopic (exact) mass is 601 g/mol. The van der Waals surface area contributed by atoms with Crippen LogP contribution in [0.3, 0.4) is 0 Å². The lowest BCUT2D eigenvalue weighted by Gasteiger charge is -2.35. The van der Waals surface area contributed by atoms with E-state index in [4.69, 9.17) is 23.7 Å². The van der Waals surface area contributed by atoms with E-state index in [9.17, 15) is 9.59 Å². The van der Waals surface area contributed by atoms with Crippen molar-refractivity contribution in [1.29, 1.82) is 0 Å². The minimum Gasteiger partial charge on any atom is -0.494 e. The summed E-state index contributed by atoms with van der Waals surface area (Å²) in [6.45, 7) is 14.1. The van der Waals surface area contributed by atoms with Crippen molar-refractivity contribution in [3.05, 3.63) is 102 Å². The zero-order valence-electron chi connectivity index (χ0n) is 26.0. The second-order valence-corrected chi connectivity index (χ2v) is 11.0. The van der Waals surface area contributed by atoms with Gasteiger partial charge in [0, 0.05) is 44.7 Å². The Hall–Kier alpha value is -4.14. The first-order valence-electron chi connectivity index (χ1n) is 15.1. The molecule has 0 N–H and O–H groups in total. The molecule has 1 aliphatic heterocycles. The van der Waals surface area contributed by atoms with Crippen molar-refractivity contribution in [2.75, 3.05) is 26.4 Å². The Labute approximate surface area is 259 Å². The summed E-state index contributed by atoms with van der Waals surface area (Å²) in [6.07, 6.45) is 8.90. The lowest BCUT2D eigenvalue weighted by molar-refractivity contribution is -0.178. The van der Waals surface area contributed by atoms with Crippen LogP contribution in [0.15, 0.2) is 85.6 Å². The van der Waals surface area contributed by atoms with E-state index in [0.29, 0.717) is 32.7 Å². The molecule has 1 aromatic heterocycles. The van der Waals surface area contributed by atoms with Crippen LogP contribution < -0.4 is 4.74 Å². The Kier molecular flexibility index (Phi) is 12.0. The molecule has 0 aliphatic carbocycles. The first-order chi connectivity index (χ1) is 21.3. The number of hydrogen-bond donors (Lipinski definition) is 0. The Morgan fingerprint density at radius 2 is 1.84 bits per heavy atom. The van der Waals surface area contributed by atoms with E-state index >= 15 is 0 Å². The molecule has 4 rings (SSSR count). The number of hydrogen-bond acceptors (Lipinski definition) is 7. The van der Waals surface area contributed by atoms with E-state index in [-0.39, 0.29) is 37.0 Å². The second kappa shape index (κ2) is 16.1. The number of fused-ring (bicyclic) bond motifs is 1. The van der Waals surface area contributed by atoms with Gasteiger partial charge in [-0.15, -0.1) is 0 Å². The van der Waals surface area contributed by atoms with Crippen LogP contribution in [-0.4, -0.2) is 55.1 Å². The van der Waals surface area contributed by atoms with Gasteiger partial charge in [0.05, 0.1) is 31.4 Å². The number of carbonyl (C=O) groups excluding carboxylic acids is 2. The molecule has 1 fully saturated rings. The van der Waals surface area contributed by atoms with Crippen LogP contribution in [0.25, 0.3) is 10.9 Å². The molecule has 0 spiro atoms. The molecule has 2 aromatic carbocycles. The summed E-state index contributed by atoms with van der Waals surface area (Å²) in [7, 11) is 0. The van der Waals surface area contributed by atoms with Crippen molar-refractivity contribution in [3.8, 4) is 5.75 Å². The maximum absolute atomic E-state index is 11.8. The van der Waals surface area contributed by atoms with Crippen LogP contribution in [0.5, 0.6) is 5.75 Å². The molecule has 3 atom stereocenters. The molecule has 0 radical (unpaired) electrons. The molecule has 2 heterocycles. The molecular formula is C36H43NO7. The van der Waals surface area contributed by atoms with E-state index in [1.165, 1.54) is 30.4 Å². The molecule has 8 nitrogen and oxygen atoms in total. The van der Waals surface area contributed by atoms with E-state index in [1.54, 1.807) is 12.2 Å². The van der Waals surface area contributed by atoms with E-state index in [2.05, 4.69) is 55.1 Å². The van der Waals surface area contributed by atoms with Crippen LogP contribution in [0.2, 0.25) is 0 Å². The Morgan fingerprint density at radius 1 is 1.05 bits per heavy atom. The minimum atomic E-state index is -0.384. The minimum absolute atomic E-state index is 0.111. The van der Waals surface area contributed by atoms with Crippen molar-refractivity contribution in [3.63, 3.8) is 0 Å². The zero-order chi connectivity index (χ0) is 31.5. The fourth-order valence-electron chi connectivity index (χ4n) is 5.53. The molecule has 1 saturated heterocycles. The number of esters is 2. The maximum Gasteiger partial charge on any atom is 0.302 e. The summed E-state index contributed by atoms with van der Waals surface area (Å²) in [4.78, 5) is 23.2. The van der Waals surface area contributed by atoms with Crippen LogP contribution in [0.4, 0.5) is 0 Å². The highest BCUT2D eigenvalue weighted by Crippen LogP contribution is 2.36. The van der Waals surface area contributed by atoms with Gasteiger partial charge in [-0.2, -0.15) is 0 Å². The van der Waals surface area contributed by atoms with Crippen molar-refractivity contribution in [2.24, 2.45) is 0 Å². The molecule has 234 valence electrons. The standard InChI is InChI=1S/C36H43NO7/c1-6-10-28(7-2)23-40-17-9-18-41-31-15-13-29(14-16-31)19-30-22-37(34-12-8-11-25(3)36(30)34)35-21-32(43-27(5)39)20-33(44-35)24-42-26(4)38/h6-8,10-16,22,32-33,35H,1-2,9,17-21,23-24H2,3-5H3/b28-10+. The van der Waals surface area contributed by atoms with Crippen molar-refractivity contribution >= 4 is 22.8 Å². The number of benzene rings is 2. The van der Waals surface area contributed by atoms with E-state index in [1.807, 2.05) is 24.3 Å². The zero-order valence-corrected chi connectivity index (χ0v) is 26.0. The van der Waals surface area contributed by atoms with Crippen LogP contribution >= 0.6 is 0 Å². The fraction of sp³-hybridized carbons (Fsp3) is 0.389. The SMILES string of the molecule is C=C/C=C(\C=C)COCCCOc1ccc(Cc2cn(C3CC(OC(C)=O)CC(COC(C)=O)O3)c3cccc(C)c23)cc1. The quantitative estimate of drug-likeness (QED) is 0.108. The lowest BCUT2D eigenvalue weighted by Crippen LogP contribution is -2.38. The number of aromatic nitrogens is 1. The highest BCUT2D eigenvalue weighted by atomic mass is 16.6. The maximum atomic E-state index is 11.8. The smallest absolute Gasteiger partial charge is 0.302 e. The largest absolute Gasteiger partial charge is 0.494 e. The predicted molar refractivity (Wildman–Crippen MR) is 171 cm³/mol. The Morgan fingerprint density at radius 3 is 2.55 bits per heavy atom. The third-order valence-electron chi connectivity index (χ3n) is 7.48. The van der Waals surface area contributed by atoms with Crippen molar-refractivity contribution in [2.45, 2.75) is 64.9 Å². The molecule has 0 saturated carbocycles. The molecule has 0 amide bonds. The summed E-state index contributed by atoms with van der Waals surface area (Å²) in [5.41, 5.74) is 5.53. The number of aryl methyl sites for hydroxylation is 1. The Bertz CT molecular complexity index is 1470. The Balaban J connectivity index is 1.43. The van der Waals surface area contributed by atoms with Gasteiger partial charge in [-0.05, 0) is 53.8 Å². The first-order valence-corrected chi connectivity index (χ1v) is 15.1. The topological polar surface area (TPSA) is 85.2 Å². The van der Waals surface area contributed by atoms with Gasteiger partial charge in [0.2, 0.25) is 0 Å². The van der Waals surface area contributed by atoms with E-state index < -0.39 is 0 Å². The molecule has 8 heteroatoms. The summed E-state index contributed by atoms with van der Waals surface area (Å²) < 4.78 is 31.0. The summed E-state index contributed by atoms with van der Waals surface area (Å²) in [6, 6.07) is 14.4. The van der Waals surface area contributed by atoms with Gasteiger partial charge in [-0.3, -0.25) is 9.59 Å². The third-order valence-corrected chi connectivity index (χ3v) is 7.48. The van der Waals surface area contributed by atoms with Gasteiger partial charge >= 0.3 is 11.9 Å². The molecule has 3 unspecified atom stereocenters. The van der Waals surface area contributed by atoms with Crippen molar-refractivity contribution < 1.29 is 33.3 Å². The second-order valence-electron chi connectivity index (χ2n) is 11.0. The number of nitrogens with zero attached hydrogens (tertiary/aromatic N) is 1. The van der Waals surface area contributed by atoms with Gasteiger partial charge in [0.15, 0.2) is 0 Å². The van der Waals surface area contributed by atoms with Gasteiger partial charge < -0.3 is 28.3 Å². The summed E-state index contributed by atoms with van der Waals surface area (Å²) in [5, 5.41) is 1.17. The average molecular weight is 602 g/mol. The number of allylic oxidation sites excluding steroid dienone is 2. The molecule has 3 aromatic rings. The van der Waals surface area contributed by atoms with Crippen LogP contribution in [-0.2, 0) is 35.0 Å². The predicted octanol–water partition coefficient (Wildman–Crippen LogP) is 6.80. The van der Waals surface area contributed by atoms with Gasteiger partial charge in [0.1, 0.15) is 24.7 Å². The van der Waals surface area contributed by atoms with Gasteiger partial charge in [-0.1, -0.05) is 55.7 Å². The van der Waals surface area contributed by atoms with Crippen molar-refractivity contribution in [1.82, 2.24) is 4.57 Å². The highest BCUT2D eigenvalue weighted by Gasteiger charge is 2.34. The third kappa shape index (κ3) is 9.18. The van der Waals surface area contributed by atoms with Crippen LogP contribution in [0.1, 0.15) is 56.0 Å². The fourth-order valence-corrected chi connectivity index (χ4v) is 5.53. The van der Waals surface area contributed by atoms with Gasteiger partial charge in [-0.25, -0.2) is 0 Å².